The van der Waals surface area contributed by atoms with Gasteiger partial charge in [-0.05, 0) is 55.8 Å². The summed E-state index contributed by atoms with van der Waals surface area (Å²) in [5.41, 5.74) is 1.15. The number of ether oxygens (including phenoxy) is 3. The summed E-state index contributed by atoms with van der Waals surface area (Å²) in [6, 6.07) is 20.3. The van der Waals surface area contributed by atoms with Gasteiger partial charge in [-0.3, -0.25) is 9.10 Å². The second kappa shape index (κ2) is 10.7. The molecule has 0 aliphatic carbocycles. The molecule has 3 aromatic carbocycles. The van der Waals surface area contributed by atoms with Crippen molar-refractivity contribution in [1.82, 2.24) is 5.32 Å². The molecule has 0 spiro atoms. The Labute approximate surface area is 205 Å². The summed E-state index contributed by atoms with van der Waals surface area (Å²) in [6.07, 6.45) is 0.0302. The van der Waals surface area contributed by atoms with Crippen molar-refractivity contribution < 1.29 is 27.4 Å². The van der Waals surface area contributed by atoms with Crippen molar-refractivity contribution in [2.45, 2.75) is 31.4 Å². The molecule has 0 saturated heterocycles. The van der Waals surface area contributed by atoms with Gasteiger partial charge in [-0.25, -0.2) is 8.42 Å². The number of nitrogens with zero attached hydrogens (tertiary/aromatic N) is 1. The molecular weight excluding hydrogens is 468 g/mol. The van der Waals surface area contributed by atoms with E-state index in [2.05, 4.69) is 5.32 Å². The molecule has 35 heavy (non-hydrogen) atoms. The number of amides is 1. The van der Waals surface area contributed by atoms with Crippen LogP contribution in [0.5, 0.6) is 17.2 Å². The van der Waals surface area contributed by atoms with Gasteiger partial charge in [0.05, 0.1) is 16.7 Å². The number of fused-ring (bicyclic) bond motifs is 1. The Morgan fingerprint density at radius 2 is 1.71 bits per heavy atom. The molecule has 1 amide bonds. The minimum atomic E-state index is -4.02. The molecular formula is C26H28N2O6S. The first-order chi connectivity index (χ1) is 16.8. The number of nitrogens with one attached hydrogen (secondary N) is 1. The third-order valence-corrected chi connectivity index (χ3v) is 6.98. The van der Waals surface area contributed by atoms with Gasteiger partial charge >= 0.3 is 0 Å². The second-order valence-electron chi connectivity index (χ2n) is 8.24. The maximum Gasteiger partial charge on any atom is 0.264 e. The Hall–Kier alpha value is -3.72. The number of hydrogen-bond acceptors (Lipinski definition) is 6. The smallest absolute Gasteiger partial charge is 0.264 e. The average Bonchev–Trinajstić information content (AvgIpc) is 2.86. The van der Waals surface area contributed by atoms with Crippen LogP contribution >= 0.6 is 0 Å². The molecule has 8 nitrogen and oxygen atoms in total. The number of hydrogen-bond donors (Lipinski definition) is 1. The van der Waals surface area contributed by atoms with E-state index in [1.807, 2.05) is 38.1 Å². The molecule has 1 N–H and O–H groups in total. The fourth-order valence-corrected chi connectivity index (χ4v) is 5.04. The van der Waals surface area contributed by atoms with Crippen LogP contribution in [0.25, 0.3) is 0 Å². The molecule has 0 aromatic heterocycles. The van der Waals surface area contributed by atoms with Crippen LogP contribution in [0, 0.1) is 0 Å². The van der Waals surface area contributed by atoms with Gasteiger partial charge in [0, 0.05) is 12.6 Å². The van der Waals surface area contributed by atoms with Crippen LogP contribution in [0.15, 0.2) is 77.7 Å². The average molecular weight is 497 g/mol. The molecule has 0 unspecified atom stereocenters. The Morgan fingerprint density at radius 1 is 0.971 bits per heavy atom. The molecule has 0 radical (unpaired) electrons. The maximum atomic E-state index is 13.5. The largest absolute Gasteiger partial charge is 0.491 e. The van der Waals surface area contributed by atoms with E-state index in [-0.39, 0.29) is 17.5 Å². The normalized spacial score (nSPS) is 12.8. The molecule has 1 aliphatic rings. The highest BCUT2D eigenvalue weighted by atomic mass is 32.2. The summed E-state index contributed by atoms with van der Waals surface area (Å²) in [5.74, 6) is 1.22. The van der Waals surface area contributed by atoms with Crippen molar-refractivity contribution in [3.05, 3.63) is 78.4 Å². The van der Waals surface area contributed by atoms with Gasteiger partial charge in [-0.1, -0.05) is 30.3 Å². The number of sulfonamides is 1. The van der Waals surface area contributed by atoms with E-state index < -0.39 is 22.5 Å². The molecule has 1 aliphatic heterocycles. The monoisotopic (exact) mass is 496 g/mol. The van der Waals surface area contributed by atoms with Gasteiger partial charge in [0.25, 0.3) is 10.0 Å². The highest BCUT2D eigenvalue weighted by Gasteiger charge is 2.28. The second-order valence-corrected chi connectivity index (χ2v) is 10.1. The van der Waals surface area contributed by atoms with Crippen molar-refractivity contribution in [3.8, 4) is 17.2 Å². The van der Waals surface area contributed by atoms with Crippen LogP contribution < -0.4 is 23.8 Å². The van der Waals surface area contributed by atoms with Crippen LogP contribution in [-0.4, -0.2) is 40.2 Å². The zero-order valence-corrected chi connectivity index (χ0v) is 20.5. The predicted molar refractivity (Wildman–Crippen MR) is 132 cm³/mol. The summed E-state index contributed by atoms with van der Waals surface area (Å²) in [4.78, 5) is 13.0. The fourth-order valence-electron chi connectivity index (χ4n) is 3.61. The zero-order chi connectivity index (χ0) is 24.8. The Balaban J connectivity index is 1.56. The molecule has 0 atom stereocenters. The summed E-state index contributed by atoms with van der Waals surface area (Å²) in [7, 11) is -4.02. The maximum absolute atomic E-state index is 13.5. The van der Waals surface area contributed by atoms with E-state index in [0.29, 0.717) is 36.1 Å². The first kappa shape index (κ1) is 24.4. The molecule has 4 rings (SSSR count). The van der Waals surface area contributed by atoms with E-state index >= 15 is 0 Å². The van der Waals surface area contributed by atoms with Crippen molar-refractivity contribution in [3.63, 3.8) is 0 Å². The van der Waals surface area contributed by atoms with E-state index in [1.165, 1.54) is 12.1 Å². The lowest BCUT2D eigenvalue weighted by Crippen LogP contribution is -2.40. The van der Waals surface area contributed by atoms with Crippen molar-refractivity contribution in [2.24, 2.45) is 0 Å². The first-order valence-corrected chi connectivity index (χ1v) is 12.8. The fraction of sp³-hybridized carbons (Fsp3) is 0.269. The number of rotatable bonds is 9. The van der Waals surface area contributed by atoms with E-state index in [9.17, 15) is 13.2 Å². The highest BCUT2D eigenvalue weighted by molar-refractivity contribution is 7.92. The van der Waals surface area contributed by atoms with Crippen molar-refractivity contribution in [1.29, 1.82) is 0 Å². The van der Waals surface area contributed by atoms with Crippen LogP contribution in [-0.2, 0) is 21.4 Å². The summed E-state index contributed by atoms with van der Waals surface area (Å²) in [5, 5.41) is 2.81. The van der Waals surface area contributed by atoms with Gasteiger partial charge in [0.1, 0.15) is 25.5 Å². The topological polar surface area (TPSA) is 94.2 Å². The third-order valence-electron chi connectivity index (χ3n) is 5.19. The van der Waals surface area contributed by atoms with E-state index in [1.54, 1.807) is 36.4 Å². The first-order valence-electron chi connectivity index (χ1n) is 11.3. The molecule has 3 aromatic rings. The number of carbonyl (C=O) groups is 1. The molecule has 0 saturated carbocycles. The Morgan fingerprint density at radius 3 is 2.46 bits per heavy atom. The summed E-state index contributed by atoms with van der Waals surface area (Å²) >= 11 is 0. The standard InChI is InChI=1S/C26H28N2O6S/c1-19(2)34-22-8-6-7-20(15-22)17-27-26(29)18-28(35(30,31)23-9-4-3-5-10-23)21-11-12-24-25(16-21)33-14-13-32-24/h3-12,15-16,19H,13-14,17-18H2,1-2H3,(H,27,29). The zero-order valence-electron chi connectivity index (χ0n) is 19.6. The number of benzene rings is 3. The lowest BCUT2D eigenvalue weighted by atomic mass is 10.2. The molecule has 1 heterocycles. The van der Waals surface area contributed by atoms with Crippen molar-refractivity contribution >= 4 is 21.6 Å². The number of anilines is 1. The van der Waals surface area contributed by atoms with Crippen molar-refractivity contribution in [2.75, 3.05) is 24.1 Å². The van der Waals surface area contributed by atoms with Gasteiger partial charge < -0.3 is 19.5 Å². The van der Waals surface area contributed by atoms with Gasteiger partial charge in [0.15, 0.2) is 11.5 Å². The summed E-state index contributed by atoms with van der Waals surface area (Å²) in [6.45, 7) is 4.49. The Kier molecular flexibility index (Phi) is 7.45. The van der Waals surface area contributed by atoms with Crippen LogP contribution in [0.2, 0.25) is 0 Å². The van der Waals surface area contributed by atoms with Gasteiger partial charge in [-0.2, -0.15) is 0 Å². The van der Waals surface area contributed by atoms with E-state index in [0.717, 1.165) is 9.87 Å². The van der Waals surface area contributed by atoms with Gasteiger partial charge in [0.2, 0.25) is 5.91 Å². The van der Waals surface area contributed by atoms with Crippen LogP contribution in [0.4, 0.5) is 5.69 Å². The minimum absolute atomic E-state index is 0.0302. The highest BCUT2D eigenvalue weighted by Crippen LogP contribution is 2.35. The quantitative estimate of drug-likeness (QED) is 0.485. The summed E-state index contributed by atoms with van der Waals surface area (Å²) < 4.78 is 45.0. The molecule has 9 heteroatoms. The third kappa shape index (κ3) is 6.05. The molecule has 0 bridgehead atoms. The Bertz CT molecular complexity index is 1280. The lowest BCUT2D eigenvalue weighted by Gasteiger charge is -2.26. The number of carbonyl (C=O) groups excluding carboxylic acids is 1. The molecule has 184 valence electrons. The SMILES string of the molecule is CC(C)Oc1cccc(CNC(=O)CN(c2ccc3c(c2)OCCO3)S(=O)(=O)c2ccccc2)c1. The van der Waals surface area contributed by atoms with E-state index in [4.69, 9.17) is 14.2 Å². The lowest BCUT2D eigenvalue weighted by molar-refractivity contribution is -0.119. The minimum Gasteiger partial charge on any atom is -0.491 e. The van der Waals surface area contributed by atoms with Gasteiger partial charge in [-0.15, -0.1) is 0 Å². The molecule has 0 fully saturated rings. The van der Waals surface area contributed by atoms with Crippen LogP contribution in [0.1, 0.15) is 19.4 Å². The predicted octanol–water partition coefficient (Wildman–Crippen LogP) is 3.76. The van der Waals surface area contributed by atoms with Crippen LogP contribution in [0.3, 0.4) is 0 Å².